The van der Waals surface area contributed by atoms with Gasteiger partial charge in [0.1, 0.15) is 24.1 Å². The summed E-state index contributed by atoms with van der Waals surface area (Å²) in [7, 11) is 0. The van der Waals surface area contributed by atoms with Crippen LogP contribution in [-0.2, 0) is 16.0 Å². The fourth-order valence-electron chi connectivity index (χ4n) is 2.43. The average Bonchev–Trinajstić information content (AvgIpc) is 2.92. The van der Waals surface area contributed by atoms with Crippen molar-refractivity contribution >= 4 is 17.0 Å². The van der Waals surface area contributed by atoms with Gasteiger partial charge in [0.25, 0.3) is 0 Å². The number of hydrogen-bond acceptors (Lipinski definition) is 6. The van der Waals surface area contributed by atoms with Crippen LogP contribution in [0.25, 0.3) is 11.2 Å². The van der Waals surface area contributed by atoms with Gasteiger partial charge in [0.2, 0.25) is 0 Å². The molecule has 1 fully saturated rings. The first kappa shape index (κ1) is 13.0. The van der Waals surface area contributed by atoms with Crippen molar-refractivity contribution in [1.82, 2.24) is 19.5 Å². The zero-order chi connectivity index (χ0) is 14.3. The fourth-order valence-corrected chi connectivity index (χ4v) is 2.43. The van der Waals surface area contributed by atoms with Crippen LogP contribution in [0.4, 0.5) is 5.82 Å². The predicted octanol–water partition coefficient (Wildman–Crippen LogP) is 1.11. The third-order valence-corrected chi connectivity index (χ3v) is 3.26. The molecule has 7 nitrogen and oxygen atoms in total. The highest BCUT2D eigenvalue weighted by molar-refractivity contribution is 5.81. The third kappa shape index (κ3) is 2.14. The molecule has 2 N–H and O–H groups in total. The first-order chi connectivity index (χ1) is 9.50. The van der Waals surface area contributed by atoms with Crippen LogP contribution in [0.3, 0.4) is 0 Å². The summed E-state index contributed by atoms with van der Waals surface area (Å²) in [5.74, 6) is -0.244. The van der Waals surface area contributed by atoms with Crippen molar-refractivity contribution < 1.29 is 9.47 Å². The number of nitrogen functional groups attached to an aromatic ring is 1. The van der Waals surface area contributed by atoms with Crippen molar-refractivity contribution in [2.75, 3.05) is 5.73 Å². The Labute approximate surface area is 116 Å². The molecule has 7 heteroatoms. The highest BCUT2D eigenvalue weighted by Gasteiger charge is 2.39. The topological polar surface area (TPSA) is 88.1 Å². The Hall–Kier alpha value is -1.99. The highest BCUT2D eigenvalue weighted by atomic mass is 16.7. The van der Waals surface area contributed by atoms with E-state index in [1.807, 2.05) is 18.4 Å². The van der Waals surface area contributed by atoms with Crippen LogP contribution < -0.4 is 5.73 Å². The van der Waals surface area contributed by atoms with Crippen LogP contribution in [0, 0.1) is 0 Å². The molecule has 1 aliphatic heterocycles. The van der Waals surface area contributed by atoms with E-state index < -0.39 is 5.79 Å². The lowest BCUT2D eigenvalue weighted by Gasteiger charge is -2.17. The molecule has 1 saturated heterocycles. The second-order valence-corrected chi connectivity index (χ2v) is 5.20. The number of nitrogens with two attached hydrogens (primary N) is 1. The molecule has 0 spiro atoms. The summed E-state index contributed by atoms with van der Waals surface area (Å²) < 4.78 is 13.5. The monoisotopic (exact) mass is 275 g/mol. The minimum Gasteiger partial charge on any atom is -0.382 e. The average molecular weight is 275 g/mol. The number of aromatic nitrogens is 4. The van der Waals surface area contributed by atoms with Gasteiger partial charge < -0.3 is 19.8 Å². The molecule has 3 rings (SSSR count). The molecule has 3 heterocycles. The van der Waals surface area contributed by atoms with E-state index in [2.05, 4.69) is 21.5 Å². The summed E-state index contributed by atoms with van der Waals surface area (Å²) in [6, 6.07) is 0. The van der Waals surface area contributed by atoms with E-state index in [1.54, 1.807) is 12.4 Å². The Kier molecular flexibility index (Phi) is 2.95. The van der Waals surface area contributed by atoms with Gasteiger partial charge in [0.15, 0.2) is 17.3 Å². The molecule has 0 bridgehead atoms. The smallest absolute Gasteiger partial charge is 0.165 e. The largest absolute Gasteiger partial charge is 0.382 e. The fraction of sp³-hybridized carbons (Fsp3) is 0.462. The molecule has 2 atom stereocenters. The third-order valence-electron chi connectivity index (χ3n) is 3.26. The summed E-state index contributed by atoms with van der Waals surface area (Å²) in [5.41, 5.74) is 7.06. The van der Waals surface area contributed by atoms with Gasteiger partial charge in [-0.3, -0.25) is 0 Å². The molecule has 1 aliphatic rings. The number of anilines is 1. The Balaban J connectivity index is 1.90. The minimum absolute atomic E-state index is 0.143. The van der Waals surface area contributed by atoms with Gasteiger partial charge in [0.05, 0.1) is 12.9 Å². The number of fused-ring (bicyclic) bond motifs is 1. The molecule has 0 saturated carbocycles. The Morgan fingerprint density at radius 1 is 1.40 bits per heavy atom. The summed E-state index contributed by atoms with van der Waals surface area (Å²) in [6.07, 6.45) is 4.56. The van der Waals surface area contributed by atoms with Crippen LogP contribution >= 0.6 is 0 Å². The Bertz CT molecular complexity index is 651. The minimum atomic E-state index is -0.617. The van der Waals surface area contributed by atoms with Gasteiger partial charge in [-0.1, -0.05) is 6.08 Å². The van der Waals surface area contributed by atoms with Crippen molar-refractivity contribution in [3.8, 4) is 0 Å². The van der Waals surface area contributed by atoms with Gasteiger partial charge in [-0.05, 0) is 13.8 Å². The van der Waals surface area contributed by atoms with Gasteiger partial charge >= 0.3 is 0 Å². The summed E-state index contributed by atoms with van der Waals surface area (Å²) >= 11 is 0. The van der Waals surface area contributed by atoms with E-state index in [9.17, 15) is 0 Å². The van der Waals surface area contributed by atoms with Crippen LogP contribution in [0.1, 0.15) is 13.8 Å². The SMILES string of the molecule is C=C[C@H]1OC(C)(C)O[C@H]1Cn1cnc2c(N)ncnc21. The highest BCUT2D eigenvalue weighted by Crippen LogP contribution is 2.30. The van der Waals surface area contributed by atoms with Crippen LogP contribution in [-0.4, -0.2) is 37.5 Å². The van der Waals surface area contributed by atoms with E-state index in [4.69, 9.17) is 15.2 Å². The summed E-state index contributed by atoms with van der Waals surface area (Å²) in [5, 5.41) is 0. The second-order valence-electron chi connectivity index (χ2n) is 5.20. The lowest BCUT2D eigenvalue weighted by Crippen LogP contribution is -2.26. The normalized spacial score (nSPS) is 25.1. The number of nitrogens with zero attached hydrogens (tertiary/aromatic N) is 4. The van der Waals surface area contributed by atoms with Crippen molar-refractivity contribution in [2.45, 2.75) is 38.4 Å². The lowest BCUT2D eigenvalue weighted by atomic mass is 10.2. The van der Waals surface area contributed by atoms with E-state index in [0.717, 1.165) is 0 Å². The van der Waals surface area contributed by atoms with Crippen molar-refractivity contribution in [1.29, 1.82) is 0 Å². The quantitative estimate of drug-likeness (QED) is 0.844. The van der Waals surface area contributed by atoms with Crippen LogP contribution in [0.15, 0.2) is 25.3 Å². The van der Waals surface area contributed by atoms with Gasteiger partial charge in [0, 0.05) is 0 Å². The molecule has 0 amide bonds. The molecule has 0 aromatic carbocycles. The zero-order valence-electron chi connectivity index (χ0n) is 11.5. The molecule has 0 unspecified atom stereocenters. The maximum Gasteiger partial charge on any atom is 0.165 e. The number of rotatable bonds is 3. The lowest BCUT2D eigenvalue weighted by molar-refractivity contribution is -0.144. The van der Waals surface area contributed by atoms with Crippen LogP contribution in [0.5, 0.6) is 0 Å². The van der Waals surface area contributed by atoms with Gasteiger partial charge in [-0.2, -0.15) is 0 Å². The summed E-state index contributed by atoms with van der Waals surface area (Å²) in [4.78, 5) is 12.4. The van der Waals surface area contributed by atoms with E-state index in [0.29, 0.717) is 23.5 Å². The maximum absolute atomic E-state index is 5.89. The Morgan fingerprint density at radius 2 is 2.20 bits per heavy atom. The van der Waals surface area contributed by atoms with Crippen molar-refractivity contribution in [2.24, 2.45) is 0 Å². The number of hydrogen-bond donors (Lipinski definition) is 1. The van der Waals surface area contributed by atoms with Gasteiger partial charge in [-0.15, -0.1) is 6.58 Å². The first-order valence-electron chi connectivity index (χ1n) is 6.39. The molecule has 2 aromatic rings. The number of imidazole rings is 1. The molecule has 20 heavy (non-hydrogen) atoms. The molecule has 106 valence electrons. The van der Waals surface area contributed by atoms with E-state index in [-0.39, 0.29) is 12.2 Å². The molecule has 0 aliphatic carbocycles. The molecule has 2 aromatic heterocycles. The zero-order valence-corrected chi connectivity index (χ0v) is 11.5. The number of ether oxygens (including phenoxy) is 2. The second kappa shape index (κ2) is 4.53. The predicted molar refractivity (Wildman–Crippen MR) is 73.8 cm³/mol. The van der Waals surface area contributed by atoms with E-state index >= 15 is 0 Å². The Morgan fingerprint density at radius 3 is 2.95 bits per heavy atom. The van der Waals surface area contributed by atoms with Gasteiger partial charge in [-0.25, -0.2) is 15.0 Å². The first-order valence-corrected chi connectivity index (χ1v) is 6.39. The molecule has 0 radical (unpaired) electrons. The van der Waals surface area contributed by atoms with Crippen LogP contribution in [0.2, 0.25) is 0 Å². The van der Waals surface area contributed by atoms with Crippen molar-refractivity contribution in [3.05, 3.63) is 25.3 Å². The molecular weight excluding hydrogens is 258 g/mol. The van der Waals surface area contributed by atoms with E-state index in [1.165, 1.54) is 6.33 Å². The maximum atomic E-state index is 5.89. The molecular formula is C13H17N5O2. The standard InChI is InChI=1S/C13H17N5O2/c1-4-8-9(20-13(2,3)19-8)5-18-7-17-10-11(14)15-6-16-12(10)18/h4,6-9H,1,5H2,2-3H3,(H2,14,15,16)/t8-,9+/m1/s1. The summed E-state index contributed by atoms with van der Waals surface area (Å²) in [6.45, 7) is 8.12. The van der Waals surface area contributed by atoms with Crippen molar-refractivity contribution in [3.63, 3.8) is 0 Å².